The molecule has 1 aliphatic heterocycles. The van der Waals surface area contributed by atoms with Gasteiger partial charge in [-0.2, -0.15) is 0 Å². The highest BCUT2D eigenvalue weighted by Gasteiger charge is 2.22. The van der Waals surface area contributed by atoms with E-state index >= 15 is 0 Å². The van der Waals surface area contributed by atoms with Gasteiger partial charge in [0.1, 0.15) is 0 Å². The first-order valence-electron chi connectivity index (χ1n) is 8.03. The van der Waals surface area contributed by atoms with Crippen molar-refractivity contribution < 1.29 is 13.2 Å². The molecule has 0 atom stereocenters. The van der Waals surface area contributed by atoms with Crippen molar-refractivity contribution in [3.63, 3.8) is 0 Å². The van der Waals surface area contributed by atoms with Crippen LogP contribution < -0.4 is 0 Å². The van der Waals surface area contributed by atoms with Gasteiger partial charge in [0.05, 0.1) is 5.75 Å². The predicted molar refractivity (Wildman–Crippen MR) is 92.2 cm³/mol. The molecule has 1 aromatic carbocycles. The Morgan fingerprint density at radius 1 is 1.17 bits per heavy atom. The van der Waals surface area contributed by atoms with Gasteiger partial charge in [0.25, 0.3) is 5.91 Å². The van der Waals surface area contributed by atoms with Crippen LogP contribution in [0.4, 0.5) is 0 Å². The molecule has 1 heterocycles. The van der Waals surface area contributed by atoms with Gasteiger partial charge in [0.15, 0.2) is 9.84 Å². The minimum absolute atomic E-state index is 0.00968. The number of hydrogen-bond acceptors (Lipinski definition) is 4. The lowest BCUT2D eigenvalue weighted by Gasteiger charge is -2.35. The van der Waals surface area contributed by atoms with Gasteiger partial charge in [-0.05, 0) is 23.6 Å². The van der Waals surface area contributed by atoms with Crippen molar-refractivity contribution in [2.24, 2.45) is 5.92 Å². The van der Waals surface area contributed by atoms with Crippen LogP contribution in [0, 0.1) is 5.92 Å². The largest absolute Gasteiger partial charge is 0.336 e. The smallest absolute Gasteiger partial charge is 0.253 e. The molecule has 0 aromatic heterocycles. The Hall–Kier alpha value is -1.40. The van der Waals surface area contributed by atoms with E-state index in [0.29, 0.717) is 17.0 Å². The first-order chi connectivity index (χ1) is 10.7. The second-order valence-electron chi connectivity index (χ2n) is 6.76. The van der Waals surface area contributed by atoms with E-state index in [-0.39, 0.29) is 11.7 Å². The second kappa shape index (κ2) is 7.45. The molecule has 1 aliphatic rings. The molecule has 0 N–H and O–H groups in total. The molecule has 1 fully saturated rings. The fraction of sp³-hybridized carbons (Fsp3) is 0.588. The van der Waals surface area contributed by atoms with Gasteiger partial charge in [-0.1, -0.05) is 26.0 Å². The van der Waals surface area contributed by atoms with Crippen molar-refractivity contribution in [3.8, 4) is 0 Å². The van der Waals surface area contributed by atoms with Crippen molar-refractivity contribution in [3.05, 3.63) is 35.4 Å². The summed E-state index contributed by atoms with van der Waals surface area (Å²) >= 11 is 0. The van der Waals surface area contributed by atoms with Gasteiger partial charge >= 0.3 is 0 Å². The number of benzene rings is 1. The van der Waals surface area contributed by atoms with E-state index in [2.05, 4.69) is 18.7 Å². The van der Waals surface area contributed by atoms with Crippen molar-refractivity contribution in [2.75, 3.05) is 39.0 Å². The number of nitrogens with zero attached hydrogens (tertiary/aromatic N) is 2. The summed E-state index contributed by atoms with van der Waals surface area (Å²) in [4.78, 5) is 16.8. The average Bonchev–Trinajstić information content (AvgIpc) is 2.45. The van der Waals surface area contributed by atoms with E-state index in [1.807, 2.05) is 4.90 Å². The SMILES string of the molecule is CC(C)CN1CCN(C(=O)c2cccc(CS(C)(=O)=O)c2)CC1. The third kappa shape index (κ3) is 5.62. The molecule has 6 heteroatoms. The van der Waals surface area contributed by atoms with Crippen molar-refractivity contribution >= 4 is 15.7 Å². The predicted octanol–water partition coefficient (Wildman–Crippen LogP) is 1.65. The highest BCUT2D eigenvalue weighted by Crippen LogP contribution is 2.13. The molecule has 0 aliphatic carbocycles. The second-order valence-corrected chi connectivity index (χ2v) is 8.90. The molecule has 23 heavy (non-hydrogen) atoms. The molecule has 0 radical (unpaired) electrons. The molecule has 0 bridgehead atoms. The van der Waals surface area contributed by atoms with E-state index in [1.54, 1.807) is 24.3 Å². The summed E-state index contributed by atoms with van der Waals surface area (Å²) in [6.07, 6.45) is 1.20. The monoisotopic (exact) mass is 338 g/mol. The summed E-state index contributed by atoms with van der Waals surface area (Å²) in [7, 11) is -3.09. The van der Waals surface area contributed by atoms with Crippen molar-refractivity contribution in [2.45, 2.75) is 19.6 Å². The highest BCUT2D eigenvalue weighted by molar-refractivity contribution is 7.89. The number of amides is 1. The molecular formula is C17H26N2O3S. The summed E-state index contributed by atoms with van der Waals surface area (Å²) in [5.41, 5.74) is 1.24. The Morgan fingerprint density at radius 2 is 1.83 bits per heavy atom. The number of piperazine rings is 1. The fourth-order valence-electron chi connectivity index (χ4n) is 2.93. The van der Waals surface area contributed by atoms with Crippen LogP contribution in [0.3, 0.4) is 0 Å². The molecule has 1 amide bonds. The van der Waals surface area contributed by atoms with E-state index in [9.17, 15) is 13.2 Å². The lowest BCUT2D eigenvalue weighted by atomic mass is 10.1. The van der Waals surface area contributed by atoms with Gasteiger partial charge < -0.3 is 4.90 Å². The van der Waals surface area contributed by atoms with E-state index in [4.69, 9.17) is 0 Å². The van der Waals surface area contributed by atoms with Crippen LogP contribution in [0.15, 0.2) is 24.3 Å². The van der Waals surface area contributed by atoms with E-state index in [0.717, 1.165) is 32.7 Å². The quantitative estimate of drug-likeness (QED) is 0.819. The molecule has 0 spiro atoms. The lowest BCUT2D eigenvalue weighted by Crippen LogP contribution is -2.49. The highest BCUT2D eigenvalue weighted by atomic mass is 32.2. The molecule has 128 valence electrons. The zero-order valence-electron chi connectivity index (χ0n) is 14.2. The van der Waals surface area contributed by atoms with Gasteiger partial charge in [-0.3, -0.25) is 9.69 Å². The summed E-state index contributed by atoms with van der Waals surface area (Å²) < 4.78 is 22.8. The summed E-state index contributed by atoms with van der Waals surface area (Å²) in [5.74, 6) is 0.588. The van der Waals surface area contributed by atoms with Crippen LogP contribution in [0.25, 0.3) is 0 Å². The Bertz CT molecular complexity index is 648. The van der Waals surface area contributed by atoms with Gasteiger partial charge in [-0.15, -0.1) is 0 Å². The van der Waals surface area contributed by atoms with Crippen LogP contribution >= 0.6 is 0 Å². The standard InChI is InChI=1S/C17H26N2O3S/c1-14(2)12-18-7-9-19(10-8-18)17(20)16-6-4-5-15(11-16)13-23(3,21)22/h4-6,11,14H,7-10,12-13H2,1-3H3. The molecule has 1 saturated heterocycles. The molecule has 0 saturated carbocycles. The number of carbonyl (C=O) groups is 1. The average molecular weight is 338 g/mol. The van der Waals surface area contributed by atoms with Crippen LogP contribution in [0.5, 0.6) is 0 Å². The molecule has 0 unspecified atom stereocenters. The minimum atomic E-state index is -3.09. The zero-order valence-corrected chi connectivity index (χ0v) is 15.0. The van der Waals surface area contributed by atoms with Crippen molar-refractivity contribution in [1.29, 1.82) is 0 Å². The maximum absolute atomic E-state index is 12.6. The summed E-state index contributed by atoms with van der Waals surface area (Å²) in [6, 6.07) is 6.96. The number of rotatable bonds is 5. The van der Waals surface area contributed by atoms with Crippen molar-refractivity contribution in [1.82, 2.24) is 9.80 Å². The zero-order chi connectivity index (χ0) is 17.0. The third-order valence-electron chi connectivity index (χ3n) is 3.89. The first-order valence-corrected chi connectivity index (χ1v) is 10.1. The maximum Gasteiger partial charge on any atom is 0.253 e. The van der Waals surface area contributed by atoms with Crippen LogP contribution in [-0.2, 0) is 15.6 Å². The van der Waals surface area contributed by atoms with Crippen LogP contribution in [0.2, 0.25) is 0 Å². The first kappa shape index (κ1) is 17.9. The molecule has 2 rings (SSSR count). The lowest BCUT2D eigenvalue weighted by molar-refractivity contribution is 0.0623. The number of hydrogen-bond donors (Lipinski definition) is 0. The number of sulfone groups is 1. The summed E-state index contributed by atoms with van der Waals surface area (Å²) in [6.45, 7) is 8.70. The Balaban J connectivity index is 2.00. The van der Waals surface area contributed by atoms with Gasteiger partial charge in [-0.25, -0.2) is 8.42 Å². The van der Waals surface area contributed by atoms with Crippen LogP contribution in [-0.4, -0.2) is 63.1 Å². The molecule has 5 nitrogen and oxygen atoms in total. The minimum Gasteiger partial charge on any atom is -0.336 e. The van der Waals surface area contributed by atoms with E-state index < -0.39 is 9.84 Å². The Labute approximate surface area is 139 Å². The third-order valence-corrected chi connectivity index (χ3v) is 4.74. The molecular weight excluding hydrogens is 312 g/mol. The normalized spacial score (nSPS) is 16.8. The summed E-state index contributed by atoms with van der Waals surface area (Å²) in [5, 5.41) is 0. The van der Waals surface area contributed by atoms with Crippen LogP contribution in [0.1, 0.15) is 29.8 Å². The fourth-order valence-corrected chi connectivity index (χ4v) is 3.71. The van der Waals surface area contributed by atoms with E-state index in [1.165, 1.54) is 6.26 Å². The number of carbonyl (C=O) groups excluding carboxylic acids is 1. The van der Waals surface area contributed by atoms with Gasteiger partial charge in [0, 0.05) is 44.5 Å². The topological polar surface area (TPSA) is 57.7 Å². The Kier molecular flexibility index (Phi) is 5.81. The maximum atomic E-state index is 12.6. The Morgan fingerprint density at radius 3 is 2.39 bits per heavy atom. The molecule has 1 aromatic rings. The van der Waals surface area contributed by atoms with Gasteiger partial charge in [0.2, 0.25) is 0 Å².